The van der Waals surface area contributed by atoms with E-state index in [2.05, 4.69) is 10.3 Å². The van der Waals surface area contributed by atoms with Gasteiger partial charge in [0, 0.05) is 18.2 Å². The molecule has 1 aliphatic heterocycles. The number of nitrogens with zero attached hydrogens (tertiary/aromatic N) is 1. The van der Waals surface area contributed by atoms with Gasteiger partial charge in [-0.2, -0.15) is 0 Å². The average molecular weight is 212 g/mol. The first kappa shape index (κ1) is 9.89. The van der Waals surface area contributed by atoms with Crippen LogP contribution in [-0.2, 0) is 11.3 Å². The fourth-order valence-electron chi connectivity index (χ4n) is 1.28. The summed E-state index contributed by atoms with van der Waals surface area (Å²) in [7, 11) is 0. The number of hydrogen-bond acceptors (Lipinski definition) is 3. The number of aliphatic imine (C=N–C) groups is 1. The van der Waals surface area contributed by atoms with Crippen molar-refractivity contribution in [2.24, 2.45) is 4.99 Å². The van der Waals surface area contributed by atoms with Crippen LogP contribution in [0.4, 0.5) is 8.78 Å². The zero-order chi connectivity index (χ0) is 10.7. The summed E-state index contributed by atoms with van der Waals surface area (Å²) in [5.74, 6) is -1.15. The van der Waals surface area contributed by atoms with Crippen molar-refractivity contribution in [3.63, 3.8) is 0 Å². The van der Waals surface area contributed by atoms with E-state index in [-0.39, 0.29) is 6.54 Å². The minimum atomic E-state index is -0.578. The highest BCUT2D eigenvalue weighted by Gasteiger charge is 2.08. The van der Waals surface area contributed by atoms with E-state index >= 15 is 0 Å². The van der Waals surface area contributed by atoms with Crippen LogP contribution < -0.4 is 5.32 Å². The van der Waals surface area contributed by atoms with Gasteiger partial charge in [0.15, 0.2) is 0 Å². The van der Waals surface area contributed by atoms with Crippen LogP contribution in [0, 0.1) is 11.6 Å². The van der Waals surface area contributed by atoms with Crippen molar-refractivity contribution in [3.05, 3.63) is 35.4 Å². The molecule has 0 saturated heterocycles. The molecule has 3 nitrogen and oxygen atoms in total. The van der Waals surface area contributed by atoms with Gasteiger partial charge in [-0.05, 0) is 6.07 Å². The van der Waals surface area contributed by atoms with Crippen molar-refractivity contribution in [2.45, 2.75) is 6.54 Å². The van der Waals surface area contributed by atoms with Gasteiger partial charge in [0.05, 0.1) is 6.54 Å². The zero-order valence-corrected chi connectivity index (χ0v) is 7.96. The fraction of sp³-hybridized carbons (Fsp3) is 0.300. The minimum absolute atomic E-state index is 0.241. The van der Waals surface area contributed by atoms with Crippen LogP contribution in [0.15, 0.2) is 23.2 Å². The van der Waals surface area contributed by atoms with Gasteiger partial charge >= 0.3 is 0 Å². The first-order valence-electron chi connectivity index (χ1n) is 4.61. The Labute approximate surface area is 85.8 Å². The molecule has 5 heteroatoms. The van der Waals surface area contributed by atoms with E-state index in [1.165, 1.54) is 12.1 Å². The number of halogens is 2. The second-order valence-corrected chi connectivity index (χ2v) is 3.12. The summed E-state index contributed by atoms with van der Waals surface area (Å²) in [5, 5.41) is 2.82. The molecule has 2 rings (SSSR count). The van der Waals surface area contributed by atoms with Crippen molar-refractivity contribution in [1.29, 1.82) is 0 Å². The Morgan fingerprint density at radius 1 is 1.40 bits per heavy atom. The van der Waals surface area contributed by atoms with Gasteiger partial charge in [0.25, 0.3) is 6.02 Å². The Morgan fingerprint density at radius 3 is 2.93 bits per heavy atom. The summed E-state index contributed by atoms with van der Waals surface area (Å²) in [5.41, 5.74) is 0.384. The van der Waals surface area contributed by atoms with Crippen molar-refractivity contribution >= 4 is 6.02 Å². The molecule has 0 radical (unpaired) electrons. The van der Waals surface area contributed by atoms with Crippen LogP contribution in [0.5, 0.6) is 0 Å². The van der Waals surface area contributed by atoms with E-state index < -0.39 is 11.6 Å². The lowest BCUT2D eigenvalue weighted by atomic mass is 10.2. The molecule has 15 heavy (non-hydrogen) atoms. The maximum absolute atomic E-state index is 13.2. The number of benzene rings is 1. The molecule has 0 spiro atoms. The first-order chi connectivity index (χ1) is 7.25. The van der Waals surface area contributed by atoms with E-state index in [0.717, 1.165) is 6.07 Å². The van der Waals surface area contributed by atoms with Crippen LogP contribution in [0.3, 0.4) is 0 Å². The van der Waals surface area contributed by atoms with Crippen LogP contribution >= 0.6 is 0 Å². The predicted molar refractivity (Wildman–Crippen MR) is 51.5 cm³/mol. The summed E-state index contributed by atoms with van der Waals surface area (Å²) in [6.07, 6.45) is 0. The molecule has 80 valence electrons. The topological polar surface area (TPSA) is 33.6 Å². The summed E-state index contributed by atoms with van der Waals surface area (Å²) < 4.78 is 30.8. The van der Waals surface area contributed by atoms with Crippen LogP contribution in [0.2, 0.25) is 0 Å². The molecule has 0 atom stereocenters. The number of nitrogens with one attached hydrogen (secondary N) is 1. The van der Waals surface area contributed by atoms with Gasteiger partial charge in [0.1, 0.15) is 18.2 Å². The maximum atomic E-state index is 13.2. The smallest absolute Gasteiger partial charge is 0.285 e. The number of hydrogen-bond donors (Lipinski definition) is 1. The number of amidine groups is 1. The van der Waals surface area contributed by atoms with E-state index in [9.17, 15) is 8.78 Å². The third-order valence-electron chi connectivity index (χ3n) is 2.03. The Balaban J connectivity index is 1.98. The average Bonchev–Trinajstić information content (AvgIpc) is 2.69. The first-order valence-corrected chi connectivity index (χ1v) is 4.61. The minimum Gasteiger partial charge on any atom is -0.463 e. The molecule has 1 heterocycles. The Kier molecular flexibility index (Phi) is 2.80. The molecule has 0 fully saturated rings. The normalized spacial score (nSPS) is 14.7. The highest BCUT2D eigenvalue weighted by molar-refractivity contribution is 5.74. The quantitative estimate of drug-likeness (QED) is 0.804. The largest absolute Gasteiger partial charge is 0.463 e. The van der Waals surface area contributed by atoms with Gasteiger partial charge in [-0.15, -0.1) is 0 Å². The van der Waals surface area contributed by atoms with Crippen molar-refractivity contribution < 1.29 is 13.5 Å². The monoisotopic (exact) mass is 212 g/mol. The van der Waals surface area contributed by atoms with E-state index in [0.29, 0.717) is 24.7 Å². The third-order valence-corrected chi connectivity index (χ3v) is 2.03. The van der Waals surface area contributed by atoms with E-state index in [1.807, 2.05) is 0 Å². The van der Waals surface area contributed by atoms with Gasteiger partial charge in [-0.25, -0.2) is 13.8 Å². The molecule has 1 N–H and O–H groups in total. The summed E-state index contributed by atoms with van der Waals surface area (Å²) in [6, 6.07) is 3.89. The van der Waals surface area contributed by atoms with Gasteiger partial charge < -0.3 is 10.1 Å². The molecule has 0 aromatic heterocycles. The van der Waals surface area contributed by atoms with E-state index in [4.69, 9.17) is 4.74 Å². The summed E-state index contributed by atoms with van der Waals surface area (Å²) in [6.45, 7) is 1.41. The lowest BCUT2D eigenvalue weighted by Gasteiger charge is -2.06. The van der Waals surface area contributed by atoms with Crippen LogP contribution in [0.25, 0.3) is 0 Å². The van der Waals surface area contributed by atoms with Gasteiger partial charge in [0.2, 0.25) is 0 Å². The molecular formula is C10H10F2N2O. The maximum Gasteiger partial charge on any atom is 0.285 e. The Hall–Kier alpha value is -1.65. The molecule has 0 saturated carbocycles. The summed E-state index contributed by atoms with van der Waals surface area (Å²) >= 11 is 0. The molecule has 1 aromatic carbocycles. The summed E-state index contributed by atoms with van der Waals surface area (Å²) in [4.78, 5) is 3.98. The molecule has 1 aliphatic rings. The SMILES string of the molecule is Fc1ccc(CNC2=NCCO2)c(F)c1. The Bertz CT molecular complexity index is 393. The molecule has 1 aromatic rings. The van der Waals surface area contributed by atoms with Crippen LogP contribution in [-0.4, -0.2) is 19.2 Å². The molecule has 0 amide bonds. The molecule has 0 bridgehead atoms. The van der Waals surface area contributed by atoms with E-state index in [1.54, 1.807) is 0 Å². The van der Waals surface area contributed by atoms with Crippen molar-refractivity contribution in [2.75, 3.05) is 13.2 Å². The second-order valence-electron chi connectivity index (χ2n) is 3.12. The second kappa shape index (κ2) is 4.25. The van der Waals surface area contributed by atoms with Crippen molar-refractivity contribution in [3.8, 4) is 0 Å². The number of ether oxygens (including phenoxy) is 1. The lowest BCUT2D eigenvalue weighted by molar-refractivity contribution is 0.331. The van der Waals surface area contributed by atoms with Gasteiger partial charge in [-0.1, -0.05) is 6.07 Å². The standard InChI is InChI=1S/C10H10F2N2O/c11-8-2-1-7(9(12)5-8)6-14-10-13-3-4-15-10/h1-2,5H,3-4,6H2,(H,13,14). The van der Waals surface area contributed by atoms with Crippen molar-refractivity contribution in [1.82, 2.24) is 5.32 Å². The predicted octanol–water partition coefficient (Wildman–Crippen LogP) is 1.44. The number of rotatable bonds is 2. The highest BCUT2D eigenvalue weighted by Crippen LogP contribution is 2.09. The zero-order valence-electron chi connectivity index (χ0n) is 7.96. The van der Waals surface area contributed by atoms with Crippen LogP contribution in [0.1, 0.15) is 5.56 Å². The Morgan fingerprint density at radius 2 is 2.27 bits per heavy atom. The fourth-order valence-corrected chi connectivity index (χ4v) is 1.28. The molecule has 0 aliphatic carbocycles. The third kappa shape index (κ3) is 2.43. The highest BCUT2D eigenvalue weighted by atomic mass is 19.1. The lowest BCUT2D eigenvalue weighted by Crippen LogP contribution is -2.23. The molecular weight excluding hydrogens is 202 g/mol. The molecule has 0 unspecified atom stereocenters. The van der Waals surface area contributed by atoms with Gasteiger partial charge in [-0.3, -0.25) is 0 Å².